The molecule has 26 heavy (non-hydrogen) atoms. The lowest BCUT2D eigenvalue weighted by atomic mass is 10.1. The predicted molar refractivity (Wildman–Crippen MR) is 93.0 cm³/mol. The third-order valence-electron chi connectivity index (χ3n) is 3.71. The highest BCUT2D eigenvalue weighted by Crippen LogP contribution is 2.25. The fourth-order valence-electron chi connectivity index (χ4n) is 2.34. The minimum absolute atomic E-state index is 0.279. The summed E-state index contributed by atoms with van der Waals surface area (Å²) in [5.74, 6) is 1.29. The minimum Gasteiger partial charge on any atom is -0.497 e. The fourth-order valence-corrected chi connectivity index (χ4v) is 2.34. The van der Waals surface area contributed by atoms with Crippen LogP contribution >= 0.6 is 0 Å². The normalized spacial score (nSPS) is 11.7. The maximum atomic E-state index is 12.6. The average Bonchev–Trinajstić information content (AvgIpc) is 3.18. The van der Waals surface area contributed by atoms with Crippen LogP contribution in [-0.4, -0.2) is 35.3 Å². The van der Waals surface area contributed by atoms with Crippen molar-refractivity contribution in [2.45, 2.75) is 13.0 Å². The number of aromatic nitrogens is 3. The molecule has 2 heterocycles. The second kappa shape index (κ2) is 7.64. The van der Waals surface area contributed by atoms with E-state index in [1.54, 1.807) is 43.5 Å². The van der Waals surface area contributed by atoms with E-state index in [4.69, 9.17) is 14.0 Å². The zero-order valence-electron chi connectivity index (χ0n) is 14.6. The lowest BCUT2D eigenvalue weighted by Crippen LogP contribution is -2.27. The molecule has 0 saturated carbocycles. The van der Waals surface area contributed by atoms with Crippen molar-refractivity contribution in [1.82, 2.24) is 20.4 Å². The first-order chi connectivity index (χ1) is 12.6. The quantitative estimate of drug-likeness (QED) is 0.726. The number of amides is 1. The van der Waals surface area contributed by atoms with Crippen LogP contribution in [0.4, 0.5) is 0 Å². The van der Waals surface area contributed by atoms with Crippen LogP contribution in [-0.2, 0) is 0 Å². The SMILES string of the molecule is COc1ccc(OC)c(C(=O)NC(C)c2nc(-c3ccccn3)no2)c1. The van der Waals surface area contributed by atoms with E-state index in [2.05, 4.69) is 20.4 Å². The molecule has 0 fully saturated rings. The van der Waals surface area contributed by atoms with Crippen LogP contribution < -0.4 is 14.8 Å². The van der Waals surface area contributed by atoms with Crippen molar-refractivity contribution in [2.24, 2.45) is 0 Å². The fraction of sp³-hybridized carbons (Fsp3) is 0.222. The Bertz CT molecular complexity index is 895. The summed E-state index contributed by atoms with van der Waals surface area (Å²) in [5.41, 5.74) is 0.943. The van der Waals surface area contributed by atoms with Gasteiger partial charge in [-0.2, -0.15) is 4.98 Å². The van der Waals surface area contributed by atoms with Crippen molar-refractivity contribution in [3.63, 3.8) is 0 Å². The van der Waals surface area contributed by atoms with E-state index in [0.29, 0.717) is 28.6 Å². The number of nitrogens with zero attached hydrogens (tertiary/aromatic N) is 3. The maximum Gasteiger partial charge on any atom is 0.255 e. The Hall–Kier alpha value is -3.42. The molecule has 0 radical (unpaired) electrons. The van der Waals surface area contributed by atoms with Crippen LogP contribution in [0.2, 0.25) is 0 Å². The van der Waals surface area contributed by atoms with E-state index in [9.17, 15) is 4.79 Å². The molecule has 1 amide bonds. The van der Waals surface area contributed by atoms with Gasteiger partial charge >= 0.3 is 0 Å². The third-order valence-corrected chi connectivity index (χ3v) is 3.71. The molecule has 134 valence electrons. The van der Waals surface area contributed by atoms with E-state index in [-0.39, 0.29) is 11.8 Å². The highest BCUT2D eigenvalue weighted by molar-refractivity contribution is 5.97. The monoisotopic (exact) mass is 354 g/mol. The van der Waals surface area contributed by atoms with Gasteiger partial charge in [0, 0.05) is 6.20 Å². The van der Waals surface area contributed by atoms with Gasteiger partial charge in [-0.15, -0.1) is 0 Å². The van der Waals surface area contributed by atoms with E-state index in [1.807, 2.05) is 6.07 Å². The second-order valence-electron chi connectivity index (χ2n) is 5.43. The summed E-state index contributed by atoms with van der Waals surface area (Å²) < 4.78 is 15.6. The second-order valence-corrected chi connectivity index (χ2v) is 5.43. The Labute approximate surface area is 150 Å². The molecule has 1 unspecified atom stereocenters. The summed E-state index contributed by atoms with van der Waals surface area (Å²) in [4.78, 5) is 21.1. The van der Waals surface area contributed by atoms with Crippen LogP contribution in [0.3, 0.4) is 0 Å². The van der Waals surface area contributed by atoms with E-state index < -0.39 is 6.04 Å². The van der Waals surface area contributed by atoms with E-state index >= 15 is 0 Å². The molecule has 8 heteroatoms. The Morgan fingerprint density at radius 3 is 2.73 bits per heavy atom. The zero-order valence-corrected chi connectivity index (χ0v) is 14.6. The molecule has 0 aliphatic rings. The predicted octanol–water partition coefficient (Wildman–Crippen LogP) is 2.64. The van der Waals surface area contributed by atoms with Gasteiger partial charge in [-0.3, -0.25) is 9.78 Å². The topological polar surface area (TPSA) is 99.4 Å². The number of hydrogen-bond acceptors (Lipinski definition) is 7. The lowest BCUT2D eigenvalue weighted by molar-refractivity contribution is 0.0929. The molecule has 0 bridgehead atoms. The van der Waals surface area contributed by atoms with Gasteiger partial charge in [0.2, 0.25) is 11.7 Å². The van der Waals surface area contributed by atoms with Gasteiger partial charge in [0.25, 0.3) is 5.91 Å². The van der Waals surface area contributed by atoms with Crippen molar-refractivity contribution in [1.29, 1.82) is 0 Å². The zero-order chi connectivity index (χ0) is 18.5. The molecule has 1 atom stereocenters. The molecule has 0 aliphatic carbocycles. The van der Waals surface area contributed by atoms with Gasteiger partial charge in [-0.25, -0.2) is 0 Å². The number of carbonyl (C=O) groups excluding carboxylic acids is 1. The van der Waals surface area contributed by atoms with Gasteiger partial charge < -0.3 is 19.3 Å². The smallest absolute Gasteiger partial charge is 0.255 e. The molecule has 3 rings (SSSR count). The van der Waals surface area contributed by atoms with Crippen LogP contribution in [0.1, 0.15) is 29.2 Å². The standard InChI is InChI=1S/C18H18N4O4/c1-11(18-21-16(22-26-18)14-6-4-5-9-19-14)20-17(23)13-10-12(24-2)7-8-15(13)25-3/h4-11H,1-3H3,(H,20,23). The summed E-state index contributed by atoms with van der Waals surface area (Å²) in [7, 11) is 3.03. The molecule has 8 nitrogen and oxygen atoms in total. The van der Waals surface area contributed by atoms with Crippen molar-refractivity contribution in [3.05, 3.63) is 54.0 Å². The van der Waals surface area contributed by atoms with E-state index in [1.165, 1.54) is 14.2 Å². The number of rotatable bonds is 6. The molecular formula is C18H18N4O4. The average molecular weight is 354 g/mol. The van der Waals surface area contributed by atoms with Gasteiger partial charge in [-0.1, -0.05) is 11.2 Å². The van der Waals surface area contributed by atoms with Crippen molar-refractivity contribution >= 4 is 5.91 Å². The summed E-state index contributed by atoms with van der Waals surface area (Å²) in [6, 6.07) is 9.91. The van der Waals surface area contributed by atoms with Crippen LogP contribution in [0.5, 0.6) is 11.5 Å². The number of hydrogen-bond donors (Lipinski definition) is 1. The van der Waals surface area contributed by atoms with Crippen molar-refractivity contribution in [2.75, 3.05) is 14.2 Å². The first-order valence-corrected chi connectivity index (χ1v) is 7.90. The Balaban J connectivity index is 1.77. The van der Waals surface area contributed by atoms with Crippen molar-refractivity contribution in [3.8, 4) is 23.0 Å². The van der Waals surface area contributed by atoms with Crippen molar-refractivity contribution < 1.29 is 18.8 Å². The molecular weight excluding hydrogens is 336 g/mol. The number of methoxy groups -OCH3 is 2. The molecule has 1 aromatic carbocycles. The number of ether oxygens (including phenoxy) is 2. The molecule has 0 spiro atoms. The van der Waals surface area contributed by atoms with Gasteiger partial charge in [0.1, 0.15) is 23.2 Å². The maximum absolute atomic E-state index is 12.6. The van der Waals surface area contributed by atoms with Gasteiger partial charge in [0.15, 0.2) is 0 Å². The Morgan fingerprint density at radius 1 is 1.19 bits per heavy atom. The van der Waals surface area contributed by atoms with Gasteiger partial charge in [0.05, 0.1) is 19.8 Å². The highest BCUT2D eigenvalue weighted by atomic mass is 16.5. The molecule has 3 aromatic rings. The number of pyridine rings is 1. The number of benzene rings is 1. The van der Waals surface area contributed by atoms with Crippen LogP contribution in [0.15, 0.2) is 47.1 Å². The lowest BCUT2D eigenvalue weighted by Gasteiger charge is -2.13. The first kappa shape index (κ1) is 17.4. The summed E-state index contributed by atoms with van der Waals surface area (Å²) in [6.07, 6.45) is 1.64. The number of nitrogens with one attached hydrogen (secondary N) is 1. The van der Waals surface area contributed by atoms with Gasteiger partial charge in [-0.05, 0) is 37.3 Å². The molecule has 0 aliphatic heterocycles. The number of carbonyl (C=O) groups is 1. The highest BCUT2D eigenvalue weighted by Gasteiger charge is 2.21. The Morgan fingerprint density at radius 2 is 2.04 bits per heavy atom. The minimum atomic E-state index is -0.497. The largest absolute Gasteiger partial charge is 0.497 e. The van der Waals surface area contributed by atoms with Crippen LogP contribution in [0.25, 0.3) is 11.5 Å². The first-order valence-electron chi connectivity index (χ1n) is 7.90. The summed E-state index contributed by atoms with van der Waals surface area (Å²) in [6.45, 7) is 1.75. The summed E-state index contributed by atoms with van der Waals surface area (Å²) in [5, 5.41) is 6.72. The molecule has 2 aromatic heterocycles. The van der Waals surface area contributed by atoms with E-state index in [0.717, 1.165) is 0 Å². The Kier molecular flexibility index (Phi) is 5.12. The van der Waals surface area contributed by atoms with Crippen LogP contribution in [0, 0.1) is 0 Å². The molecule has 0 saturated heterocycles. The third kappa shape index (κ3) is 3.64. The summed E-state index contributed by atoms with van der Waals surface area (Å²) >= 11 is 0. The molecule has 1 N–H and O–H groups in total.